The summed E-state index contributed by atoms with van der Waals surface area (Å²) in [6, 6.07) is 6.57. The van der Waals surface area contributed by atoms with Crippen molar-refractivity contribution in [1.29, 1.82) is 0 Å². The highest BCUT2D eigenvalue weighted by Gasteiger charge is 2.18. The molecule has 2 atom stereocenters. The maximum absolute atomic E-state index is 10.7. The van der Waals surface area contributed by atoms with E-state index in [9.17, 15) is 15.2 Å². The van der Waals surface area contributed by atoms with Crippen LogP contribution < -0.4 is 5.32 Å². The van der Waals surface area contributed by atoms with E-state index in [1.165, 1.54) is 31.4 Å². The molecule has 1 aromatic carbocycles. The van der Waals surface area contributed by atoms with Crippen LogP contribution in [0.4, 0.5) is 5.69 Å². The van der Waals surface area contributed by atoms with Gasteiger partial charge in [0.2, 0.25) is 0 Å². The molecular weight excluding hydrogens is 244 g/mol. The number of nitrogens with zero attached hydrogens (tertiary/aromatic N) is 1. The first-order valence-corrected chi connectivity index (χ1v) is 6.82. The molecule has 0 saturated carbocycles. The van der Waals surface area contributed by atoms with Gasteiger partial charge in [0.25, 0.3) is 5.69 Å². The highest BCUT2D eigenvalue weighted by molar-refractivity contribution is 5.35. The van der Waals surface area contributed by atoms with Gasteiger partial charge in [0.15, 0.2) is 0 Å². The molecule has 104 valence electrons. The summed E-state index contributed by atoms with van der Waals surface area (Å²) in [6.45, 7) is 0.992. The Morgan fingerprint density at radius 1 is 1.42 bits per heavy atom. The second-order valence-electron chi connectivity index (χ2n) is 5.10. The molecule has 1 aliphatic rings. The second-order valence-corrected chi connectivity index (χ2v) is 5.10. The Morgan fingerprint density at radius 2 is 2.26 bits per heavy atom. The summed E-state index contributed by atoms with van der Waals surface area (Å²) in [5.74, 6) is 0. The lowest BCUT2D eigenvalue weighted by molar-refractivity contribution is -0.385. The first kappa shape index (κ1) is 14.0. The summed E-state index contributed by atoms with van der Waals surface area (Å²) in [5, 5.41) is 24.4. The molecule has 2 unspecified atom stereocenters. The molecule has 19 heavy (non-hydrogen) atoms. The van der Waals surface area contributed by atoms with Crippen LogP contribution in [0.15, 0.2) is 24.3 Å². The fourth-order valence-corrected chi connectivity index (χ4v) is 2.55. The molecule has 1 aromatic rings. The highest BCUT2D eigenvalue weighted by Crippen LogP contribution is 2.24. The van der Waals surface area contributed by atoms with Gasteiger partial charge in [-0.25, -0.2) is 0 Å². The number of nitro benzene ring substituents is 1. The minimum absolute atomic E-state index is 0.0328. The van der Waals surface area contributed by atoms with Crippen molar-refractivity contribution in [3.05, 3.63) is 39.9 Å². The van der Waals surface area contributed by atoms with Gasteiger partial charge in [0.05, 0.1) is 11.0 Å². The molecule has 1 aliphatic heterocycles. The van der Waals surface area contributed by atoms with Gasteiger partial charge in [-0.1, -0.05) is 25.0 Å². The Hall–Kier alpha value is -1.46. The zero-order valence-corrected chi connectivity index (χ0v) is 10.9. The van der Waals surface area contributed by atoms with E-state index in [0.29, 0.717) is 18.0 Å². The summed E-state index contributed by atoms with van der Waals surface area (Å²) in [5.41, 5.74) is 0.658. The standard InChI is InChI=1S/C14H20N2O3/c17-14(10-12-6-2-1-3-8-15-12)11-5-4-7-13(9-11)16(18)19/h4-5,7,9,12,14-15,17H,1-3,6,8,10H2. The Labute approximate surface area is 112 Å². The molecule has 5 nitrogen and oxygen atoms in total. The van der Waals surface area contributed by atoms with Crippen LogP contribution in [0.25, 0.3) is 0 Å². The van der Waals surface area contributed by atoms with Crippen LogP contribution in [0.5, 0.6) is 0 Å². The summed E-state index contributed by atoms with van der Waals surface area (Å²) in [6.07, 6.45) is 4.63. The van der Waals surface area contributed by atoms with E-state index in [-0.39, 0.29) is 5.69 Å². The number of aliphatic hydroxyl groups is 1. The van der Waals surface area contributed by atoms with Gasteiger partial charge in [-0.15, -0.1) is 0 Å². The van der Waals surface area contributed by atoms with Crippen molar-refractivity contribution >= 4 is 5.69 Å². The molecule has 1 heterocycles. The van der Waals surface area contributed by atoms with Gasteiger partial charge >= 0.3 is 0 Å². The smallest absolute Gasteiger partial charge is 0.269 e. The van der Waals surface area contributed by atoms with Crippen molar-refractivity contribution in [2.45, 2.75) is 44.2 Å². The predicted molar refractivity (Wildman–Crippen MR) is 72.9 cm³/mol. The van der Waals surface area contributed by atoms with Crippen LogP contribution in [-0.2, 0) is 0 Å². The molecule has 1 fully saturated rings. The Kier molecular flexibility index (Phi) is 4.87. The van der Waals surface area contributed by atoms with Crippen LogP contribution in [0.3, 0.4) is 0 Å². The number of hydrogen-bond donors (Lipinski definition) is 2. The summed E-state index contributed by atoms with van der Waals surface area (Å²) in [4.78, 5) is 10.3. The van der Waals surface area contributed by atoms with E-state index in [1.807, 2.05) is 0 Å². The molecular formula is C14H20N2O3. The van der Waals surface area contributed by atoms with Gasteiger partial charge in [-0.05, 0) is 31.4 Å². The van der Waals surface area contributed by atoms with Crippen molar-refractivity contribution in [1.82, 2.24) is 5.32 Å². The molecule has 0 bridgehead atoms. The van der Waals surface area contributed by atoms with Crippen LogP contribution >= 0.6 is 0 Å². The number of hydrogen-bond acceptors (Lipinski definition) is 4. The van der Waals surface area contributed by atoms with Crippen LogP contribution in [0.1, 0.15) is 43.8 Å². The topological polar surface area (TPSA) is 75.4 Å². The minimum Gasteiger partial charge on any atom is -0.388 e. The maximum atomic E-state index is 10.7. The minimum atomic E-state index is -0.643. The van der Waals surface area contributed by atoms with Crippen molar-refractivity contribution in [2.75, 3.05) is 6.54 Å². The highest BCUT2D eigenvalue weighted by atomic mass is 16.6. The van der Waals surface area contributed by atoms with Gasteiger partial charge in [-0.2, -0.15) is 0 Å². The number of nitro groups is 1. The zero-order chi connectivity index (χ0) is 13.7. The first-order valence-electron chi connectivity index (χ1n) is 6.82. The van der Waals surface area contributed by atoms with E-state index in [4.69, 9.17) is 0 Å². The fraction of sp³-hybridized carbons (Fsp3) is 0.571. The van der Waals surface area contributed by atoms with E-state index < -0.39 is 11.0 Å². The van der Waals surface area contributed by atoms with E-state index in [1.54, 1.807) is 12.1 Å². The number of nitrogens with one attached hydrogen (secondary N) is 1. The molecule has 0 spiro atoms. The van der Waals surface area contributed by atoms with E-state index in [0.717, 1.165) is 13.0 Å². The quantitative estimate of drug-likeness (QED) is 0.647. The molecule has 1 saturated heterocycles. The lowest BCUT2D eigenvalue weighted by atomic mass is 9.99. The maximum Gasteiger partial charge on any atom is 0.269 e. The lowest BCUT2D eigenvalue weighted by Gasteiger charge is -2.19. The van der Waals surface area contributed by atoms with Crippen LogP contribution in [-0.4, -0.2) is 22.6 Å². The second kappa shape index (κ2) is 6.63. The van der Waals surface area contributed by atoms with Gasteiger partial charge < -0.3 is 10.4 Å². The number of non-ortho nitro benzene ring substituents is 1. The number of rotatable bonds is 4. The molecule has 0 radical (unpaired) electrons. The molecule has 5 heteroatoms. The summed E-state index contributed by atoms with van der Waals surface area (Å²) < 4.78 is 0. The molecule has 2 rings (SSSR count). The fourth-order valence-electron chi connectivity index (χ4n) is 2.55. The van der Waals surface area contributed by atoms with Crippen molar-refractivity contribution < 1.29 is 10.0 Å². The molecule has 0 aliphatic carbocycles. The average molecular weight is 264 g/mol. The largest absolute Gasteiger partial charge is 0.388 e. The third kappa shape index (κ3) is 4.01. The number of aliphatic hydroxyl groups excluding tert-OH is 1. The molecule has 0 aromatic heterocycles. The van der Waals surface area contributed by atoms with E-state index >= 15 is 0 Å². The molecule has 0 amide bonds. The van der Waals surface area contributed by atoms with Crippen molar-refractivity contribution in [3.8, 4) is 0 Å². The first-order chi connectivity index (χ1) is 9.16. The van der Waals surface area contributed by atoms with Gasteiger partial charge in [-0.3, -0.25) is 10.1 Å². The van der Waals surface area contributed by atoms with Gasteiger partial charge in [0, 0.05) is 18.2 Å². The third-order valence-corrected chi connectivity index (χ3v) is 3.64. The Balaban J connectivity index is 2.00. The predicted octanol–water partition coefficient (Wildman–Crippen LogP) is 2.55. The SMILES string of the molecule is O=[N+]([O-])c1cccc(C(O)CC2CCCCCN2)c1. The monoisotopic (exact) mass is 264 g/mol. The van der Waals surface area contributed by atoms with Crippen molar-refractivity contribution in [3.63, 3.8) is 0 Å². The van der Waals surface area contributed by atoms with Crippen LogP contribution in [0.2, 0.25) is 0 Å². The molecule has 2 N–H and O–H groups in total. The van der Waals surface area contributed by atoms with Gasteiger partial charge in [0.1, 0.15) is 0 Å². The summed E-state index contributed by atoms with van der Waals surface area (Å²) >= 11 is 0. The Bertz CT molecular complexity index is 428. The number of benzene rings is 1. The van der Waals surface area contributed by atoms with Crippen LogP contribution in [0, 0.1) is 10.1 Å². The normalized spacial score (nSPS) is 21.6. The lowest BCUT2D eigenvalue weighted by Crippen LogP contribution is -2.29. The van der Waals surface area contributed by atoms with Crippen molar-refractivity contribution in [2.24, 2.45) is 0 Å². The summed E-state index contributed by atoms with van der Waals surface area (Å²) in [7, 11) is 0. The Morgan fingerprint density at radius 3 is 3.05 bits per heavy atom. The zero-order valence-electron chi connectivity index (χ0n) is 10.9. The average Bonchev–Trinajstić information content (AvgIpc) is 2.67. The van der Waals surface area contributed by atoms with E-state index in [2.05, 4.69) is 5.32 Å². The third-order valence-electron chi connectivity index (χ3n) is 3.64.